The Bertz CT molecular complexity index is 402. The summed E-state index contributed by atoms with van der Waals surface area (Å²) in [6.45, 7) is 2.47. The van der Waals surface area contributed by atoms with E-state index in [9.17, 15) is 25.0 Å². The highest BCUT2D eigenvalue weighted by atomic mass is 17.0. The number of carbonyl (C=O) groups is 1. The topological polar surface area (TPSA) is 137 Å². The van der Waals surface area contributed by atoms with Crippen molar-refractivity contribution in [1.29, 1.82) is 0 Å². The van der Waals surface area contributed by atoms with Gasteiger partial charge >= 0.3 is 0 Å². The number of rotatable bonds is 5. The molecule has 118 valence electrons. The fourth-order valence-corrected chi connectivity index (χ4v) is 2.75. The van der Waals surface area contributed by atoms with Crippen molar-refractivity contribution in [3.63, 3.8) is 0 Å². The molecule has 0 aromatic carbocycles. The van der Waals surface area contributed by atoms with E-state index in [0.717, 1.165) is 0 Å². The smallest absolute Gasteiger partial charge is 0.294 e. The van der Waals surface area contributed by atoms with Crippen molar-refractivity contribution in [3.8, 4) is 0 Å². The molecule has 2 atom stereocenters. The standard InChI is InChI=1S/C10H16N4O7/c15-10(12-3-1-11-2-4-12)7-5-8(20-13(16)17)9(6-7)21-14(18)19/h7-9,11H,1-6H2. The third kappa shape index (κ3) is 3.90. The first kappa shape index (κ1) is 15.2. The van der Waals surface area contributed by atoms with E-state index >= 15 is 0 Å². The van der Waals surface area contributed by atoms with Crippen LogP contribution in [0.3, 0.4) is 0 Å². The Morgan fingerprint density at radius 2 is 1.52 bits per heavy atom. The largest absolute Gasteiger partial charge is 0.340 e. The molecule has 11 nitrogen and oxygen atoms in total. The molecular formula is C10H16N4O7. The first-order valence-corrected chi connectivity index (χ1v) is 6.59. The van der Waals surface area contributed by atoms with E-state index in [-0.39, 0.29) is 18.7 Å². The monoisotopic (exact) mass is 304 g/mol. The van der Waals surface area contributed by atoms with Gasteiger partial charge in [0.2, 0.25) is 5.91 Å². The first-order chi connectivity index (χ1) is 9.97. The van der Waals surface area contributed by atoms with Gasteiger partial charge in [-0.05, 0) is 12.8 Å². The fraction of sp³-hybridized carbons (Fsp3) is 0.900. The van der Waals surface area contributed by atoms with Crippen molar-refractivity contribution < 1.29 is 24.6 Å². The number of carbonyl (C=O) groups excluding carboxylic acids is 1. The Kier molecular flexibility index (Phi) is 4.73. The second-order valence-electron chi connectivity index (χ2n) is 4.98. The molecule has 2 fully saturated rings. The fourth-order valence-electron chi connectivity index (χ4n) is 2.75. The van der Waals surface area contributed by atoms with Gasteiger partial charge in [0.1, 0.15) is 12.2 Å². The predicted octanol–water partition coefficient (Wildman–Crippen LogP) is -1.02. The Morgan fingerprint density at radius 3 is 1.95 bits per heavy atom. The van der Waals surface area contributed by atoms with Crippen LogP contribution >= 0.6 is 0 Å². The van der Waals surface area contributed by atoms with Gasteiger partial charge < -0.3 is 19.9 Å². The Balaban J connectivity index is 1.99. The predicted molar refractivity (Wildman–Crippen MR) is 65.9 cm³/mol. The summed E-state index contributed by atoms with van der Waals surface area (Å²) in [4.78, 5) is 43.6. The van der Waals surface area contributed by atoms with Crippen LogP contribution in [0.5, 0.6) is 0 Å². The van der Waals surface area contributed by atoms with Gasteiger partial charge in [-0.1, -0.05) is 0 Å². The van der Waals surface area contributed by atoms with E-state index in [1.165, 1.54) is 0 Å². The lowest BCUT2D eigenvalue weighted by atomic mass is 10.1. The van der Waals surface area contributed by atoms with Crippen molar-refractivity contribution in [2.24, 2.45) is 5.92 Å². The van der Waals surface area contributed by atoms with Gasteiger partial charge in [-0.25, -0.2) is 0 Å². The zero-order chi connectivity index (χ0) is 15.4. The molecule has 2 unspecified atom stereocenters. The number of hydrogen-bond donors (Lipinski definition) is 1. The van der Waals surface area contributed by atoms with E-state index in [4.69, 9.17) is 0 Å². The van der Waals surface area contributed by atoms with E-state index in [2.05, 4.69) is 15.0 Å². The maximum absolute atomic E-state index is 12.3. The third-order valence-corrected chi connectivity index (χ3v) is 3.67. The van der Waals surface area contributed by atoms with Gasteiger partial charge in [-0.2, -0.15) is 0 Å². The van der Waals surface area contributed by atoms with Crippen molar-refractivity contribution in [1.82, 2.24) is 10.2 Å². The minimum Gasteiger partial charge on any atom is -0.340 e. The molecule has 1 saturated heterocycles. The van der Waals surface area contributed by atoms with Crippen LogP contribution in [-0.4, -0.2) is 59.4 Å². The second-order valence-corrected chi connectivity index (χ2v) is 4.98. The lowest BCUT2D eigenvalue weighted by Crippen LogP contribution is -2.48. The van der Waals surface area contributed by atoms with Crippen LogP contribution in [0.1, 0.15) is 12.8 Å². The quantitative estimate of drug-likeness (QED) is 0.503. The Labute approximate surface area is 119 Å². The minimum atomic E-state index is -1.10. The van der Waals surface area contributed by atoms with Gasteiger partial charge in [0, 0.05) is 32.1 Å². The average Bonchev–Trinajstić information content (AvgIpc) is 2.80. The third-order valence-electron chi connectivity index (χ3n) is 3.67. The van der Waals surface area contributed by atoms with E-state index in [0.29, 0.717) is 26.2 Å². The molecule has 0 bridgehead atoms. The van der Waals surface area contributed by atoms with Crippen molar-refractivity contribution in [2.45, 2.75) is 25.0 Å². The molecule has 0 aromatic rings. The lowest BCUT2D eigenvalue weighted by Gasteiger charge is -2.29. The molecule has 2 rings (SSSR count). The lowest BCUT2D eigenvalue weighted by molar-refractivity contribution is -0.797. The highest BCUT2D eigenvalue weighted by Crippen LogP contribution is 2.32. The second kappa shape index (κ2) is 6.52. The molecule has 1 heterocycles. The van der Waals surface area contributed by atoms with Crippen LogP contribution in [0.15, 0.2) is 0 Å². The summed E-state index contributed by atoms with van der Waals surface area (Å²) in [6.07, 6.45) is -2.10. The summed E-state index contributed by atoms with van der Waals surface area (Å²) in [5, 5.41) is 21.9. The van der Waals surface area contributed by atoms with Gasteiger partial charge in [0.05, 0.1) is 0 Å². The summed E-state index contributed by atoms with van der Waals surface area (Å²) >= 11 is 0. The molecule has 1 aliphatic heterocycles. The van der Waals surface area contributed by atoms with Crippen LogP contribution in [0, 0.1) is 26.1 Å². The number of nitrogens with zero attached hydrogens (tertiary/aromatic N) is 3. The van der Waals surface area contributed by atoms with Gasteiger partial charge in [0.25, 0.3) is 10.2 Å². The van der Waals surface area contributed by atoms with E-state index in [1.54, 1.807) is 4.90 Å². The van der Waals surface area contributed by atoms with Crippen LogP contribution < -0.4 is 5.32 Å². The zero-order valence-corrected chi connectivity index (χ0v) is 11.2. The van der Waals surface area contributed by atoms with Crippen molar-refractivity contribution in [2.75, 3.05) is 26.2 Å². The van der Waals surface area contributed by atoms with Crippen LogP contribution in [0.25, 0.3) is 0 Å². The maximum atomic E-state index is 12.3. The van der Waals surface area contributed by atoms with Crippen molar-refractivity contribution >= 4 is 5.91 Å². The molecule has 2 aliphatic rings. The number of hydrogen-bond acceptors (Lipinski definition) is 8. The first-order valence-electron chi connectivity index (χ1n) is 6.59. The molecule has 0 aromatic heterocycles. The molecule has 0 radical (unpaired) electrons. The number of nitrogens with one attached hydrogen (secondary N) is 1. The summed E-state index contributed by atoms with van der Waals surface area (Å²) in [6, 6.07) is 0. The summed E-state index contributed by atoms with van der Waals surface area (Å²) in [5.74, 6) is -0.721. The Morgan fingerprint density at radius 1 is 1.05 bits per heavy atom. The summed E-state index contributed by atoms with van der Waals surface area (Å²) in [7, 11) is 0. The summed E-state index contributed by atoms with van der Waals surface area (Å²) < 4.78 is 0. The van der Waals surface area contributed by atoms with Crippen molar-refractivity contribution in [3.05, 3.63) is 20.2 Å². The molecule has 0 spiro atoms. The number of piperazine rings is 1. The maximum Gasteiger partial charge on any atom is 0.294 e. The molecule has 1 saturated carbocycles. The zero-order valence-electron chi connectivity index (χ0n) is 11.2. The normalized spacial score (nSPS) is 29.0. The molecule has 1 N–H and O–H groups in total. The minimum absolute atomic E-state index is 0.0439. The molecule has 11 heteroatoms. The number of amides is 1. The molecule has 21 heavy (non-hydrogen) atoms. The molecule has 1 amide bonds. The molecular weight excluding hydrogens is 288 g/mol. The van der Waals surface area contributed by atoms with Gasteiger partial charge in [0.15, 0.2) is 0 Å². The Hall–Kier alpha value is -2.17. The SMILES string of the molecule is O=C(C1CC(O[N+](=O)[O-])C(O[N+](=O)[O-])C1)N1CCNCC1. The van der Waals surface area contributed by atoms with E-state index in [1.807, 2.05) is 0 Å². The highest BCUT2D eigenvalue weighted by Gasteiger charge is 2.43. The van der Waals surface area contributed by atoms with E-state index < -0.39 is 28.3 Å². The van der Waals surface area contributed by atoms with Gasteiger partial charge in [-0.3, -0.25) is 4.79 Å². The van der Waals surface area contributed by atoms with Crippen LogP contribution in [0.2, 0.25) is 0 Å². The summed E-state index contributed by atoms with van der Waals surface area (Å²) in [5.41, 5.74) is 0. The van der Waals surface area contributed by atoms with Crippen LogP contribution in [-0.2, 0) is 14.5 Å². The van der Waals surface area contributed by atoms with Gasteiger partial charge in [-0.15, -0.1) is 20.2 Å². The highest BCUT2D eigenvalue weighted by molar-refractivity contribution is 5.79. The van der Waals surface area contributed by atoms with Crippen LogP contribution in [0.4, 0.5) is 0 Å². The average molecular weight is 304 g/mol. The molecule has 1 aliphatic carbocycles.